The molecule has 1 saturated heterocycles. The van der Waals surface area contributed by atoms with Gasteiger partial charge < -0.3 is 20.6 Å². The molecule has 1 fully saturated rings. The Morgan fingerprint density at radius 3 is 2.44 bits per heavy atom. The second-order valence-electron chi connectivity index (χ2n) is 4.01. The fourth-order valence-corrected chi connectivity index (χ4v) is 1.77. The number of nitrogens with zero attached hydrogens (tertiary/aromatic N) is 2. The number of carboxylic acids is 1. The summed E-state index contributed by atoms with van der Waals surface area (Å²) in [7, 11) is 0. The molecule has 1 aliphatic rings. The van der Waals surface area contributed by atoms with E-state index in [0.717, 1.165) is 12.8 Å². The standard InChI is InChI=1S/C10H19N3O3/c1-2-12(7-9(14)15)10(16)13-5-3-8(11)4-6-13/h8H,2-7,11H2,1H3,(H,14,15). The molecule has 6 heteroatoms. The van der Waals surface area contributed by atoms with Crippen molar-refractivity contribution in [2.24, 2.45) is 5.73 Å². The van der Waals surface area contributed by atoms with Crippen LogP contribution in [0.2, 0.25) is 0 Å². The van der Waals surface area contributed by atoms with E-state index < -0.39 is 5.97 Å². The summed E-state index contributed by atoms with van der Waals surface area (Å²) in [6, 6.07) is -0.0320. The number of hydrogen-bond acceptors (Lipinski definition) is 3. The summed E-state index contributed by atoms with van der Waals surface area (Å²) in [5.74, 6) is -0.982. The number of carbonyl (C=O) groups excluding carboxylic acids is 1. The number of urea groups is 1. The van der Waals surface area contributed by atoms with Gasteiger partial charge in [0, 0.05) is 25.7 Å². The van der Waals surface area contributed by atoms with Crippen LogP contribution in [0.15, 0.2) is 0 Å². The van der Waals surface area contributed by atoms with E-state index in [0.29, 0.717) is 19.6 Å². The maximum absolute atomic E-state index is 11.9. The van der Waals surface area contributed by atoms with Gasteiger partial charge in [-0.05, 0) is 19.8 Å². The van der Waals surface area contributed by atoms with Crippen molar-refractivity contribution in [2.45, 2.75) is 25.8 Å². The zero-order valence-electron chi connectivity index (χ0n) is 9.56. The molecule has 0 unspecified atom stereocenters. The minimum atomic E-state index is -0.982. The van der Waals surface area contributed by atoms with Gasteiger partial charge in [-0.25, -0.2) is 4.79 Å². The van der Waals surface area contributed by atoms with E-state index in [2.05, 4.69) is 0 Å². The number of hydrogen-bond donors (Lipinski definition) is 2. The van der Waals surface area contributed by atoms with Crippen molar-refractivity contribution in [1.29, 1.82) is 0 Å². The van der Waals surface area contributed by atoms with Gasteiger partial charge in [0.15, 0.2) is 0 Å². The summed E-state index contributed by atoms with van der Waals surface area (Å²) in [4.78, 5) is 25.5. The number of aliphatic carboxylic acids is 1. The lowest BCUT2D eigenvalue weighted by Crippen LogP contribution is -2.50. The van der Waals surface area contributed by atoms with Crippen LogP contribution in [-0.4, -0.2) is 59.1 Å². The number of piperidine rings is 1. The predicted octanol–water partition coefficient (Wildman–Crippen LogP) is -0.0640. The maximum atomic E-state index is 11.9. The molecule has 1 aliphatic heterocycles. The van der Waals surface area contributed by atoms with E-state index >= 15 is 0 Å². The van der Waals surface area contributed by atoms with E-state index in [4.69, 9.17) is 10.8 Å². The first-order chi connectivity index (χ1) is 7.54. The first-order valence-corrected chi connectivity index (χ1v) is 5.55. The smallest absolute Gasteiger partial charge is 0.323 e. The zero-order valence-corrected chi connectivity index (χ0v) is 9.56. The van der Waals surface area contributed by atoms with Crippen LogP contribution in [0.25, 0.3) is 0 Å². The van der Waals surface area contributed by atoms with Gasteiger partial charge in [-0.3, -0.25) is 4.79 Å². The van der Waals surface area contributed by atoms with Gasteiger partial charge in [-0.1, -0.05) is 0 Å². The van der Waals surface area contributed by atoms with Crippen molar-refractivity contribution in [3.8, 4) is 0 Å². The summed E-state index contributed by atoms with van der Waals surface area (Å²) in [6.07, 6.45) is 1.58. The van der Waals surface area contributed by atoms with Gasteiger partial charge in [-0.15, -0.1) is 0 Å². The van der Waals surface area contributed by atoms with Crippen LogP contribution in [0, 0.1) is 0 Å². The Kier molecular flexibility index (Phi) is 4.54. The highest BCUT2D eigenvalue weighted by Crippen LogP contribution is 2.10. The molecule has 2 amide bonds. The van der Waals surface area contributed by atoms with Crippen LogP contribution in [0.5, 0.6) is 0 Å². The highest BCUT2D eigenvalue weighted by atomic mass is 16.4. The van der Waals surface area contributed by atoms with Gasteiger partial charge >= 0.3 is 12.0 Å². The van der Waals surface area contributed by atoms with Crippen LogP contribution in [0.3, 0.4) is 0 Å². The number of amides is 2. The molecule has 0 aromatic carbocycles. The quantitative estimate of drug-likeness (QED) is 0.709. The second-order valence-corrected chi connectivity index (χ2v) is 4.01. The molecule has 92 valence electrons. The largest absolute Gasteiger partial charge is 0.480 e. The number of likely N-dealkylation sites (N-methyl/N-ethyl adjacent to an activating group) is 1. The molecular weight excluding hydrogens is 210 g/mol. The van der Waals surface area contributed by atoms with Gasteiger partial charge in [0.05, 0.1) is 0 Å². The molecule has 1 rings (SSSR count). The van der Waals surface area contributed by atoms with E-state index in [1.807, 2.05) is 0 Å². The molecule has 0 bridgehead atoms. The molecule has 6 nitrogen and oxygen atoms in total. The van der Waals surface area contributed by atoms with Gasteiger partial charge in [-0.2, -0.15) is 0 Å². The van der Waals surface area contributed by atoms with E-state index in [-0.39, 0.29) is 18.6 Å². The van der Waals surface area contributed by atoms with Crippen molar-refractivity contribution in [3.05, 3.63) is 0 Å². The first kappa shape index (κ1) is 12.8. The van der Waals surface area contributed by atoms with Crippen LogP contribution >= 0.6 is 0 Å². The Morgan fingerprint density at radius 2 is 2.00 bits per heavy atom. The van der Waals surface area contributed by atoms with Gasteiger partial charge in [0.2, 0.25) is 0 Å². The van der Waals surface area contributed by atoms with Crippen LogP contribution < -0.4 is 5.73 Å². The average molecular weight is 229 g/mol. The molecule has 1 heterocycles. The SMILES string of the molecule is CCN(CC(=O)O)C(=O)N1CCC(N)CC1. The zero-order chi connectivity index (χ0) is 12.1. The molecule has 0 aromatic rings. The fraction of sp³-hybridized carbons (Fsp3) is 0.800. The van der Waals surface area contributed by atoms with Crippen molar-refractivity contribution >= 4 is 12.0 Å². The number of likely N-dealkylation sites (tertiary alicyclic amines) is 1. The molecule has 0 aliphatic carbocycles. The topological polar surface area (TPSA) is 86.9 Å². The first-order valence-electron chi connectivity index (χ1n) is 5.55. The van der Waals surface area contributed by atoms with Crippen molar-refractivity contribution in [2.75, 3.05) is 26.2 Å². The molecule has 0 radical (unpaired) electrons. The summed E-state index contributed by atoms with van der Waals surface area (Å²) in [5, 5.41) is 8.67. The van der Waals surface area contributed by atoms with Crippen molar-refractivity contribution in [1.82, 2.24) is 9.80 Å². The molecule has 0 saturated carbocycles. The lowest BCUT2D eigenvalue weighted by Gasteiger charge is -2.33. The van der Waals surface area contributed by atoms with E-state index in [9.17, 15) is 9.59 Å². The maximum Gasteiger partial charge on any atom is 0.323 e. The Balaban J connectivity index is 2.51. The minimum Gasteiger partial charge on any atom is -0.480 e. The molecule has 16 heavy (non-hydrogen) atoms. The Morgan fingerprint density at radius 1 is 1.44 bits per heavy atom. The van der Waals surface area contributed by atoms with Gasteiger partial charge in [0.25, 0.3) is 0 Å². The van der Waals surface area contributed by atoms with Crippen LogP contribution in [0.1, 0.15) is 19.8 Å². The Hall–Kier alpha value is -1.30. The summed E-state index contributed by atoms with van der Waals surface area (Å²) >= 11 is 0. The average Bonchev–Trinajstić information content (AvgIpc) is 2.25. The van der Waals surface area contributed by atoms with E-state index in [1.54, 1.807) is 11.8 Å². The lowest BCUT2D eigenvalue weighted by molar-refractivity contribution is -0.137. The van der Waals surface area contributed by atoms with E-state index in [1.165, 1.54) is 4.90 Å². The monoisotopic (exact) mass is 229 g/mol. The number of carboxylic acid groups (broad SMARTS) is 1. The summed E-state index contributed by atoms with van der Waals surface area (Å²) in [5.41, 5.74) is 5.74. The highest BCUT2D eigenvalue weighted by molar-refractivity contribution is 5.80. The molecule has 0 atom stereocenters. The number of rotatable bonds is 3. The third-order valence-corrected chi connectivity index (χ3v) is 2.79. The number of nitrogens with two attached hydrogens (primary N) is 1. The minimum absolute atomic E-state index is 0.165. The lowest BCUT2D eigenvalue weighted by atomic mass is 10.1. The molecular formula is C10H19N3O3. The fourth-order valence-electron chi connectivity index (χ4n) is 1.77. The highest BCUT2D eigenvalue weighted by Gasteiger charge is 2.25. The van der Waals surface area contributed by atoms with Crippen molar-refractivity contribution < 1.29 is 14.7 Å². The Labute approximate surface area is 95.0 Å². The van der Waals surface area contributed by atoms with Crippen LogP contribution in [-0.2, 0) is 4.79 Å². The molecule has 0 spiro atoms. The van der Waals surface area contributed by atoms with Crippen LogP contribution in [0.4, 0.5) is 4.79 Å². The predicted molar refractivity (Wildman–Crippen MR) is 59.1 cm³/mol. The normalized spacial score (nSPS) is 17.2. The van der Waals surface area contributed by atoms with Crippen molar-refractivity contribution in [3.63, 3.8) is 0 Å². The third kappa shape index (κ3) is 3.37. The third-order valence-electron chi connectivity index (χ3n) is 2.79. The Bertz CT molecular complexity index is 262. The van der Waals surface area contributed by atoms with Gasteiger partial charge in [0.1, 0.15) is 6.54 Å². The number of carbonyl (C=O) groups is 2. The molecule has 0 aromatic heterocycles. The summed E-state index contributed by atoms with van der Waals surface area (Å²) < 4.78 is 0. The molecule has 3 N–H and O–H groups in total. The summed E-state index contributed by atoms with van der Waals surface area (Å²) in [6.45, 7) is 3.19. The second kappa shape index (κ2) is 5.69.